The zero-order chi connectivity index (χ0) is 23.2. The van der Waals surface area contributed by atoms with Crippen molar-refractivity contribution in [1.29, 1.82) is 0 Å². The molecule has 4 rings (SSSR count). The Kier molecular flexibility index (Phi) is 6.83. The molecule has 0 saturated heterocycles. The predicted molar refractivity (Wildman–Crippen MR) is 124 cm³/mol. The Hall–Kier alpha value is -3.93. The number of benzene rings is 3. The van der Waals surface area contributed by atoms with Crippen molar-refractivity contribution in [2.45, 2.75) is 31.9 Å². The summed E-state index contributed by atoms with van der Waals surface area (Å²) >= 11 is 0. The summed E-state index contributed by atoms with van der Waals surface area (Å²) in [4.78, 5) is 36.7. The van der Waals surface area contributed by atoms with Crippen molar-refractivity contribution in [3.05, 3.63) is 95.6 Å². The minimum Gasteiger partial charge on any atom is -0.459 e. The Morgan fingerprint density at radius 2 is 1.39 bits per heavy atom. The third-order valence-corrected chi connectivity index (χ3v) is 5.64. The standard InChI is InChI=1S/C27H25NO5/c1-18(29)15-25(26(30)32-16-19-9-3-2-4-10-19)28-27(31)33-17-24-22-13-7-5-11-20(22)21-12-6-8-14-23(21)24/h2-14,24-25H,15-17H2,1H3,(H,28,31)/t25-/m0/s1. The molecule has 33 heavy (non-hydrogen) atoms. The minimum atomic E-state index is -1.11. The molecule has 1 N–H and O–H groups in total. The van der Waals surface area contributed by atoms with Gasteiger partial charge in [0, 0.05) is 12.3 Å². The van der Waals surface area contributed by atoms with E-state index in [4.69, 9.17) is 9.47 Å². The van der Waals surface area contributed by atoms with Crippen LogP contribution in [-0.2, 0) is 25.7 Å². The largest absolute Gasteiger partial charge is 0.459 e. The Labute approximate surface area is 192 Å². The SMILES string of the molecule is CC(=O)C[C@H](NC(=O)OCC1c2ccccc2-c2ccccc21)C(=O)OCc1ccccc1. The summed E-state index contributed by atoms with van der Waals surface area (Å²) in [5.74, 6) is -1.02. The number of carbonyl (C=O) groups excluding carboxylic acids is 3. The Morgan fingerprint density at radius 1 is 0.818 bits per heavy atom. The van der Waals surface area contributed by atoms with Gasteiger partial charge in [-0.2, -0.15) is 0 Å². The van der Waals surface area contributed by atoms with E-state index in [1.165, 1.54) is 6.92 Å². The molecule has 3 aromatic rings. The van der Waals surface area contributed by atoms with E-state index in [1.54, 1.807) is 0 Å². The lowest BCUT2D eigenvalue weighted by Gasteiger charge is -2.18. The van der Waals surface area contributed by atoms with Crippen molar-refractivity contribution in [2.75, 3.05) is 6.61 Å². The van der Waals surface area contributed by atoms with Crippen LogP contribution in [0, 0.1) is 0 Å². The van der Waals surface area contributed by atoms with E-state index in [0.29, 0.717) is 0 Å². The third kappa shape index (κ3) is 5.29. The molecule has 0 heterocycles. The first-order valence-electron chi connectivity index (χ1n) is 10.8. The second-order valence-electron chi connectivity index (χ2n) is 8.02. The average molecular weight is 443 g/mol. The molecule has 0 aromatic heterocycles. The maximum Gasteiger partial charge on any atom is 0.407 e. The quantitative estimate of drug-likeness (QED) is 0.514. The fourth-order valence-corrected chi connectivity index (χ4v) is 4.09. The summed E-state index contributed by atoms with van der Waals surface area (Å²) < 4.78 is 10.8. The van der Waals surface area contributed by atoms with Crippen LogP contribution in [0.25, 0.3) is 11.1 Å². The number of ether oxygens (including phenoxy) is 2. The molecule has 0 saturated carbocycles. The predicted octanol–water partition coefficient (Wildman–Crippen LogP) is 4.62. The highest BCUT2D eigenvalue weighted by Crippen LogP contribution is 2.44. The van der Waals surface area contributed by atoms with Gasteiger partial charge in [-0.15, -0.1) is 0 Å². The maximum atomic E-state index is 12.5. The molecule has 0 radical (unpaired) electrons. The van der Waals surface area contributed by atoms with E-state index in [1.807, 2.05) is 66.7 Å². The summed E-state index contributed by atoms with van der Waals surface area (Å²) in [5, 5.41) is 2.50. The van der Waals surface area contributed by atoms with Gasteiger partial charge in [-0.25, -0.2) is 9.59 Å². The number of nitrogens with one attached hydrogen (secondary N) is 1. The van der Waals surface area contributed by atoms with Crippen LogP contribution < -0.4 is 5.32 Å². The zero-order valence-corrected chi connectivity index (χ0v) is 18.3. The highest BCUT2D eigenvalue weighted by atomic mass is 16.6. The number of Topliss-reactive ketones (excluding diaryl/α,β-unsaturated/α-hetero) is 1. The molecule has 6 heteroatoms. The van der Waals surface area contributed by atoms with E-state index in [-0.39, 0.29) is 31.3 Å². The smallest absolute Gasteiger partial charge is 0.407 e. The van der Waals surface area contributed by atoms with Gasteiger partial charge in [0.05, 0.1) is 0 Å². The van der Waals surface area contributed by atoms with E-state index in [0.717, 1.165) is 27.8 Å². The molecule has 0 unspecified atom stereocenters. The van der Waals surface area contributed by atoms with Crippen molar-refractivity contribution >= 4 is 17.8 Å². The van der Waals surface area contributed by atoms with Crippen LogP contribution in [-0.4, -0.2) is 30.5 Å². The number of ketones is 1. The monoisotopic (exact) mass is 443 g/mol. The van der Waals surface area contributed by atoms with Gasteiger partial charge in [0.15, 0.2) is 0 Å². The first-order chi connectivity index (χ1) is 16.0. The number of hydrogen-bond donors (Lipinski definition) is 1. The number of amides is 1. The number of rotatable bonds is 8. The first-order valence-corrected chi connectivity index (χ1v) is 10.8. The van der Waals surface area contributed by atoms with Crippen molar-refractivity contribution in [3.63, 3.8) is 0 Å². The third-order valence-electron chi connectivity index (χ3n) is 5.64. The number of alkyl carbamates (subject to hydrolysis) is 1. The summed E-state index contributed by atoms with van der Waals surface area (Å²) in [6, 6.07) is 24.1. The van der Waals surface area contributed by atoms with Crippen molar-refractivity contribution in [1.82, 2.24) is 5.32 Å². The summed E-state index contributed by atoms with van der Waals surface area (Å²) in [6.07, 6.45) is -0.933. The van der Waals surface area contributed by atoms with Crippen molar-refractivity contribution in [2.24, 2.45) is 0 Å². The van der Waals surface area contributed by atoms with Crippen LogP contribution in [0.1, 0.15) is 36.0 Å². The Balaban J connectivity index is 1.39. The second kappa shape index (κ2) is 10.1. The lowest BCUT2D eigenvalue weighted by Crippen LogP contribution is -2.43. The molecule has 1 aliphatic carbocycles. The zero-order valence-electron chi connectivity index (χ0n) is 18.3. The minimum absolute atomic E-state index is 0.0560. The molecule has 0 fully saturated rings. The molecule has 6 nitrogen and oxygen atoms in total. The number of fused-ring (bicyclic) bond motifs is 3. The molecule has 1 aliphatic rings. The highest BCUT2D eigenvalue weighted by Gasteiger charge is 2.30. The molecule has 168 valence electrons. The van der Waals surface area contributed by atoms with Crippen LogP contribution in [0.5, 0.6) is 0 Å². The van der Waals surface area contributed by atoms with Crippen LogP contribution in [0.3, 0.4) is 0 Å². The Morgan fingerprint density at radius 3 is 2.00 bits per heavy atom. The van der Waals surface area contributed by atoms with Crippen LogP contribution >= 0.6 is 0 Å². The van der Waals surface area contributed by atoms with Crippen LogP contribution in [0.15, 0.2) is 78.9 Å². The van der Waals surface area contributed by atoms with Crippen molar-refractivity contribution < 1.29 is 23.9 Å². The Bertz CT molecular complexity index is 1110. The molecule has 0 bridgehead atoms. The van der Waals surface area contributed by atoms with Gasteiger partial charge < -0.3 is 14.8 Å². The van der Waals surface area contributed by atoms with E-state index in [9.17, 15) is 14.4 Å². The summed E-state index contributed by atoms with van der Waals surface area (Å²) in [6.45, 7) is 1.53. The summed E-state index contributed by atoms with van der Waals surface area (Å²) in [7, 11) is 0. The molecule has 0 spiro atoms. The fourth-order valence-electron chi connectivity index (χ4n) is 4.09. The number of carbonyl (C=O) groups is 3. The van der Waals surface area contributed by atoms with E-state index < -0.39 is 18.1 Å². The van der Waals surface area contributed by atoms with Gasteiger partial charge in [-0.05, 0) is 34.7 Å². The maximum absolute atomic E-state index is 12.5. The number of hydrogen-bond acceptors (Lipinski definition) is 5. The number of esters is 1. The van der Waals surface area contributed by atoms with E-state index >= 15 is 0 Å². The van der Waals surface area contributed by atoms with Crippen LogP contribution in [0.2, 0.25) is 0 Å². The van der Waals surface area contributed by atoms with Gasteiger partial charge in [0.25, 0.3) is 0 Å². The topological polar surface area (TPSA) is 81.7 Å². The van der Waals surface area contributed by atoms with Gasteiger partial charge in [0.2, 0.25) is 0 Å². The van der Waals surface area contributed by atoms with E-state index in [2.05, 4.69) is 17.4 Å². The van der Waals surface area contributed by atoms with Gasteiger partial charge >= 0.3 is 12.1 Å². The normalized spacial score (nSPS) is 12.9. The average Bonchev–Trinajstić information content (AvgIpc) is 3.15. The molecule has 3 aromatic carbocycles. The van der Waals surface area contributed by atoms with Crippen LogP contribution in [0.4, 0.5) is 4.79 Å². The van der Waals surface area contributed by atoms with Gasteiger partial charge in [-0.1, -0.05) is 78.9 Å². The lowest BCUT2D eigenvalue weighted by molar-refractivity contribution is -0.148. The summed E-state index contributed by atoms with van der Waals surface area (Å²) in [5.41, 5.74) is 5.25. The molecular weight excluding hydrogens is 418 g/mol. The first kappa shape index (κ1) is 22.3. The molecule has 0 aliphatic heterocycles. The second-order valence-corrected chi connectivity index (χ2v) is 8.02. The highest BCUT2D eigenvalue weighted by molar-refractivity contribution is 5.88. The fraction of sp³-hybridized carbons (Fsp3) is 0.222. The molecule has 1 atom stereocenters. The lowest BCUT2D eigenvalue weighted by atomic mass is 9.98. The molecular formula is C27H25NO5. The van der Waals surface area contributed by atoms with Crippen molar-refractivity contribution in [3.8, 4) is 11.1 Å². The molecule has 1 amide bonds. The van der Waals surface area contributed by atoms with Gasteiger partial charge in [0.1, 0.15) is 25.0 Å². The van der Waals surface area contributed by atoms with Gasteiger partial charge in [-0.3, -0.25) is 4.79 Å².